The van der Waals surface area contributed by atoms with E-state index in [1.807, 2.05) is 18.2 Å². The van der Waals surface area contributed by atoms with Gasteiger partial charge in [-0.05, 0) is 36.4 Å². The smallest absolute Gasteiger partial charge is 0.192 e. The van der Waals surface area contributed by atoms with Crippen LogP contribution in [0.1, 0.15) is 5.56 Å². The standard InChI is InChI=1S/C25H17N5O4S/c1-35(31,32)24-10-9-17(15-28-24)33-22-12-19-20(30-25(29-19)18-7-4-5-11-27-18)13-23(22)34-21-8-3-2-6-16(21)14-26/h2-13,15H,1H3,(H,29,30). The molecule has 9 nitrogen and oxygen atoms in total. The third-order valence-electron chi connectivity index (χ3n) is 5.00. The van der Waals surface area contributed by atoms with Crippen LogP contribution >= 0.6 is 0 Å². The van der Waals surface area contributed by atoms with Crippen LogP contribution in [0.2, 0.25) is 0 Å². The third-order valence-corrected chi connectivity index (χ3v) is 6.00. The maximum Gasteiger partial charge on any atom is 0.192 e. The highest BCUT2D eigenvalue weighted by Crippen LogP contribution is 2.39. The number of hydrogen-bond acceptors (Lipinski definition) is 8. The number of H-pyrrole nitrogens is 1. The van der Waals surface area contributed by atoms with Crippen molar-refractivity contribution in [1.82, 2.24) is 19.9 Å². The molecule has 0 spiro atoms. The van der Waals surface area contributed by atoms with E-state index in [2.05, 4.69) is 26.0 Å². The molecule has 0 aliphatic rings. The van der Waals surface area contributed by atoms with Crippen LogP contribution in [0.25, 0.3) is 22.6 Å². The number of aromatic amines is 1. The average molecular weight is 484 g/mol. The summed E-state index contributed by atoms with van der Waals surface area (Å²) in [5.41, 5.74) is 2.30. The van der Waals surface area contributed by atoms with Gasteiger partial charge < -0.3 is 14.5 Å². The predicted molar refractivity (Wildman–Crippen MR) is 128 cm³/mol. The van der Waals surface area contributed by atoms with Crippen LogP contribution in [0.5, 0.6) is 23.0 Å². The second kappa shape index (κ2) is 8.89. The molecule has 0 saturated heterocycles. The monoisotopic (exact) mass is 483 g/mol. The molecule has 0 fully saturated rings. The normalized spacial score (nSPS) is 11.2. The van der Waals surface area contributed by atoms with Crippen molar-refractivity contribution >= 4 is 20.9 Å². The van der Waals surface area contributed by atoms with Crippen molar-refractivity contribution in [2.75, 3.05) is 6.26 Å². The molecule has 5 rings (SSSR count). The number of rotatable bonds is 6. The van der Waals surface area contributed by atoms with Gasteiger partial charge in [0.05, 0.1) is 22.8 Å². The van der Waals surface area contributed by atoms with Gasteiger partial charge in [0.1, 0.15) is 23.3 Å². The maximum atomic E-state index is 11.7. The Balaban J connectivity index is 1.59. The Morgan fingerprint density at radius 2 is 1.71 bits per heavy atom. The molecule has 3 aromatic heterocycles. The molecule has 172 valence electrons. The Morgan fingerprint density at radius 1 is 0.914 bits per heavy atom. The van der Waals surface area contributed by atoms with Crippen molar-refractivity contribution in [3.05, 3.63) is 84.7 Å². The summed E-state index contributed by atoms with van der Waals surface area (Å²) in [6.45, 7) is 0. The van der Waals surface area contributed by atoms with E-state index in [-0.39, 0.29) is 5.03 Å². The van der Waals surface area contributed by atoms with Crippen molar-refractivity contribution in [3.63, 3.8) is 0 Å². The van der Waals surface area contributed by atoms with E-state index < -0.39 is 9.84 Å². The second-order valence-electron chi connectivity index (χ2n) is 7.53. The number of nitrogens with zero attached hydrogens (tertiary/aromatic N) is 4. The first-order chi connectivity index (χ1) is 16.9. The summed E-state index contributed by atoms with van der Waals surface area (Å²) in [5.74, 6) is 1.85. The van der Waals surface area contributed by atoms with Gasteiger partial charge in [-0.2, -0.15) is 5.26 Å². The number of hydrogen-bond donors (Lipinski definition) is 1. The Morgan fingerprint density at radius 3 is 2.43 bits per heavy atom. The molecule has 0 aliphatic carbocycles. The Labute approximate surface area is 200 Å². The molecule has 0 aliphatic heterocycles. The summed E-state index contributed by atoms with van der Waals surface area (Å²) in [6.07, 6.45) is 4.08. The highest BCUT2D eigenvalue weighted by molar-refractivity contribution is 7.90. The molecule has 0 radical (unpaired) electrons. The molecule has 0 saturated carbocycles. The van der Waals surface area contributed by atoms with Crippen molar-refractivity contribution in [3.8, 4) is 40.6 Å². The summed E-state index contributed by atoms with van der Waals surface area (Å²) in [5, 5.41) is 9.39. The number of para-hydroxylation sites is 1. The highest BCUT2D eigenvalue weighted by atomic mass is 32.2. The molecule has 5 aromatic rings. The minimum absolute atomic E-state index is 0.0618. The number of aromatic nitrogens is 4. The zero-order valence-electron chi connectivity index (χ0n) is 18.3. The van der Waals surface area contributed by atoms with E-state index in [0.717, 1.165) is 6.26 Å². The van der Waals surface area contributed by atoms with Gasteiger partial charge in [-0.3, -0.25) is 4.98 Å². The van der Waals surface area contributed by atoms with Crippen molar-refractivity contribution in [2.24, 2.45) is 0 Å². The molecule has 3 heterocycles. The fourth-order valence-electron chi connectivity index (χ4n) is 3.34. The zero-order valence-corrected chi connectivity index (χ0v) is 19.2. The second-order valence-corrected chi connectivity index (χ2v) is 9.50. The topological polar surface area (TPSA) is 131 Å². The van der Waals surface area contributed by atoms with Gasteiger partial charge in [-0.25, -0.2) is 18.4 Å². The van der Waals surface area contributed by atoms with Gasteiger partial charge in [-0.1, -0.05) is 18.2 Å². The van der Waals surface area contributed by atoms with E-state index in [1.165, 1.54) is 18.3 Å². The SMILES string of the molecule is CS(=O)(=O)c1ccc(Oc2cc3[nH]c(-c4ccccn4)nc3cc2Oc2ccccc2C#N)cn1. The van der Waals surface area contributed by atoms with Gasteiger partial charge in [0, 0.05) is 24.6 Å². The number of nitriles is 1. The van der Waals surface area contributed by atoms with Gasteiger partial charge in [0.2, 0.25) is 0 Å². The summed E-state index contributed by atoms with van der Waals surface area (Å²) in [7, 11) is -3.44. The van der Waals surface area contributed by atoms with Crippen LogP contribution in [-0.4, -0.2) is 34.6 Å². The summed E-state index contributed by atoms with van der Waals surface area (Å²) in [4.78, 5) is 16.1. The van der Waals surface area contributed by atoms with E-state index in [0.29, 0.717) is 51.1 Å². The number of benzene rings is 2. The predicted octanol–water partition coefficient (Wildman–Crippen LogP) is 4.88. The summed E-state index contributed by atoms with van der Waals surface area (Å²) < 4.78 is 35.5. The number of imidazole rings is 1. The number of sulfone groups is 1. The highest BCUT2D eigenvalue weighted by Gasteiger charge is 2.16. The first-order valence-electron chi connectivity index (χ1n) is 10.4. The number of fused-ring (bicyclic) bond motifs is 1. The molecular weight excluding hydrogens is 466 g/mol. The quantitative estimate of drug-likeness (QED) is 0.362. The third kappa shape index (κ3) is 4.66. The maximum absolute atomic E-state index is 11.7. The van der Waals surface area contributed by atoms with Crippen LogP contribution in [-0.2, 0) is 9.84 Å². The van der Waals surface area contributed by atoms with E-state index in [4.69, 9.17) is 9.47 Å². The molecular formula is C25H17N5O4S. The van der Waals surface area contributed by atoms with Crippen LogP contribution in [0, 0.1) is 11.3 Å². The summed E-state index contributed by atoms with van der Waals surface area (Å²) >= 11 is 0. The van der Waals surface area contributed by atoms with E-state index in [1.54, 1.807) is 42.6 Å². The van der Waals surface area contributed by atoms with Gasteiger partial charge in [0.25, 0.3) is 0 Å². The molecule has 2 aromatic carbocycles. The lowest BCUT2D eigenvalue weighted by Crippen LogP contribution is -2.00. The molecule has 0 bridgehead atoms. The Kier molecular flexibility index (Phi) is 5.60. The lowest BCUT2D eigenvalue weighted by molar-refractivity contribution is 0.417. The molecule has 35 heavy (non-hydrogen) atoms. The van der Waals surface area contributed by atoms with Gasteiger partial charge in [0.15, 0.2) is 32.2 Å². The largest absolute Gasteiger partial charge is 0.452 e. The van der Waals surface area contributed by atoms with Crippen molar-refractivity contribution in [2.45, 2.75) is 5.03 Å². The van der Waals surface area contributed by atoms with Gasteiger partial charge in [-0.15, -0.1) is 0 Å². The average Bonchev–Trinajstić information content (AvgIpc) is 3.28. The fraction of sp³-hybridized carbons (Fsp3) is 0.0400. The molecule has 0 atom stereocenters. The summed E-state index contributed by atoms with van der Waals surface area (Å²) in [6, 6.07) is 20.7. The van der Waals surface area contributed by atoms with Crippen molar-refractivity contribution < 1.29 is 17.9 Å². The lowest BCUT2D eigenvalue weighted by atomic mass is 10.2. The Hall–Kier alpha value is -4.75. The Bertz CT molecular complexity index is 1680. The zero-order chi connectivity index (χ0) is 24.4. The lowest BCUT2D eigenvalue weighted by Gasteiger charge is -2.13. The van der Waals surface area contributed by atoms with E-state index >= 15 is 0 Å². The number of ether oxygens (including phenoxy) is 2. The van der Waals surface area contributed by atoms with Crippen LogP contribution in [0.4, 0.5) is 0 Å². The first kappa shape index (κ1) is 22.1. The number of pyridine rings is 2. The molecule has 0 amide bonds. The fourth-order valence-corrected chi connectivity index (χ4v) is 3.90. The molecule has 10 heteroatoms. The molecule has 0 unspecified atom stereocenters. The molecule has 1 N–H and O–H groups in total. The number of nitrogens with one attached hydrogen (secondary N) is 1. The van der Waals surface area contributed by atoms with Crippen molar-refractivity contribution in [1.29, 1.82) is 5.26 Å². The van der Waals surface area contributed by atoms with Crippen LogP contribution in [0.15, 0.2) is 84.1 Å². The van der Waals surface area contributed by atoms with Gasteiger partial charge >= 0.3 is 0 Å². The first-order valence-corrected chi connectivity index (χ1v) is 12.3. The minimum Gasteiger partial charge on any atom is -0.452 e. The van der Waals surface area contributed by atoms with E-state index in [9.17, 15) is 13.7 Å². The van der Waals surface area contributed by atoms with Crippen LogP contribution in [0.3, 0.4) is 0 Å². The van der Waals surface area contributed by atoms with Crippen LogP contribution < -0.4 is 9.47 Å². The minimum atomic E-state index is -3.44.